The van der Waals surface area contributed by atoms with Gasteiger partial charge in [-0.3, -0.25) is 14.9 Å². The summed E-state index contributed by atoms with van der Waals surface area (Å²) in [4.78, 5) is 11.7. The summed E-state index contributed by atoms with van der Waals surface area (Å²) in [5.41, 5.74) is 2.91. The first-order valence-corrected chi connectivity index (χ1v) is 12.2. The van der Waals surface area contributed by atoms with Gasteiger partial charge in [0.2, 0.25) is 0 Å². The van der Waals surface area contributed by atoms with Crippen molar-refractivity contribution in [1.29, 1.82) is 5.41 Å². The van der Waals surface area contributed by atoms with Crippen molar-refractivity contribution in [3.05, 3.63) is 59.7 Å². The lowest BCUT2D eigenvalue weighted by molar-refractivity contribution is 0.0357. The summed E-state index contributed by atoms with van der Waals surface area (Å²) in [6.07, 6.45) is 2.56. The lowest BCUT2D eigenvalue weighted by Crippen LogP contribution is -2.37. The Hall–Kier alpha value is -3.27. The summed E-state index contributed by atoms with van der Waals surface area (Å²) in [5, 5.41) is 12.2. The monoisotopic (exact) mass is 477 g/mol. The standard InChI is InChI=1S/C25H27N5O3S/c1-31-22-14-19-20(15-23(22)33-11-5-8-29-9-12-32-13-10-29)27-17-30(24(19)26)25-28-21(16-34-25)18-6-3-2-4-7-18/h2-4,6-7,14-17,26H,5,8-13H2,1H3. The minimum atomic E-state index is 0.302. The van der Waals surface area contributed by atoms with E-state index in [1.54, 1.807) is 18.0 Å². The van der Waals surface area contributed by atoms with Gasteiger partial charge in [-0.15, -0.1) is 11.3 Å². The third-order valence-corrected chi connectivity index (χ3v) is 6.68. The average molecular weight is 478 g/mol. The first-order valence-electron chi connectivity index (χ1n) is 11.3. The molecule has 2 aromatic heterocycles. The highest BCUT2D eigenvalue weighted by Gasteiger charge is 2.14. The van der Waals surface area contributed by atoms with Crippen LogP contribution in [0.3, 0.4) is 0 Å². The number of methoxy groups -OCH3 is 1. The van der Waals surface area contributed by atoms with E-state index in [2.05, 4.69) is 9.88 Å². The third-order valence-electron chi connectivity index (χ3n) is 5.84. The van der Waals surface area contributed by atoms with E-state index in [-0.39, 0.29) is 0 Å². The van der Waals surface area contributed by atoms with Crippen LogP contribution in [0.2, 0.25) is 0 Å². The molecule has 1 saturated heterocycles. The Labute approximate surface area is 201 Å². The van der Waals surface area contributed by atoms with Crippen LogP contribution in [0, 0.1) is 5.41 Å². The number of rotatable bonds is 8. The van der Waals surface area contributed by atoms with E-state index >= 15 is 0 Å². The lowest BCUT2D eigenvalue weighted by Gasteiger charge is -2.26. The molecule has 5 rings (SSSR count). The van der Waals surface area contributed by atoms with Gasteiger partial charge in [0.15, 0.2) is 16.6 Å². The fourth-order valence-electron chi connectivity index (χ4n) is 3.98. The number of nitrogens with one attached hydrogen (secondary N) is 1. The molecule has 176 valence electrons. The van der Waals surface area contributed by atoms with Crippen molar-refractivity contribution in [1.82, 2.24) is 19.4 Å². The van der Waals surface area contributed by atoms with Crippen molar-refractivity contribution in [3.63, 3.8) is 0 Å². The molecule has 2 aromatic carbocycles. The van der Waals surface area contributed by atoms with E-state index in [9.17, 15) is 0 Å². The van der Waals surface area contributed by atoms with Gasteiger partial charge in [-0.2, -0.15) is 0 Å². The molecule has 0 amide bonds. The molecule has 0 spiro atoms. The minimum Gasteiger partial charge on any atom is -0.493 e. The molecular weight excluding hydrogens is 450 g/mol. The predicted molar refractivity (Wildman–Crippen MR) is 132 cm³/mol. The van der Waals surface area contributed by atoms with Crippen LogP contribution in [0.4, 0.5) is 0 Å². The molecule has 0 saturated carbocycles. The topological polar surface area (TPSA) is 85.5 Å². The molecular formula is C25H27N5O3S. The molecule has 34 heavy (non-hydrogen) atoms. The Morgan fingerprint density at radius 2 is 1.94 bits per heavy atom. The fraction of sp³-hybridized carbons (Fsp3) is 0.320. The summed E-state index contributed by atoms with van der Waals surface area (Å²) >= 11 is 1.48. The largest absolute Gasteiger partial charge is 0.493 e. The molecule has 4 aromatic rings. The maximum atomic E-state index is 8.79. The molecule has 0 aliphatic carbocycles. The summed E-state index contributed by atoms with van der Waals surface area (Å²) < 4.78 is 18.7. The zero-order valence-corrected chi connectivity index (χ0v) is 19.9. The van der Waals surface area contributed by atoms with Crippen LogP contribution in [-0.2, 0) is 4.74 Å². The number of nitrogens with zero attached hydrogens (tertiary/aromatic N) is 4. The molecule has 1 aliphatic rings. The van der Waals surface area contributed by atoms with Gasteiger partial charge in [0.1, 0.15) is 11.8 Å². The van der Waals surface area contributed by atoms with E-state index in [0.717, 1.165) is 50.5 Å². The van der Waals surface area contributed by atoms with Crippen molar-refractivity contribution >= 4 is 22.2 Å². The van der Waals surface area contributed by atoms with Crippen LogP contribution in [-0.4, -0.2) is 66.0 Å². The van der Waals surface area contributed by atoms with Crippen LogP contribution in [0.5, 0.6) is 11.5 Å². The van der Waals surface area contributed by atoms with Crippen LogP contribution in [0.15, 0.2) is 54.2 Å². The van der Waals surface area contributed by atoms with Gasteiger partial charge in [-0.1, -0.05) is 30.3 Å². The Balaban J connectivity index is 1.35. The van der Waals surface area contributed by atoms with Gasteiger partial charge in [-0.25, -0.2) is 9.97 Å². The highest BCUT2D eigenvalue weighted by atomic mass is 32.1. The zero-order chi connectivity index (χ0) is 23.3. The number of hydrogen-bond donors (Lipinski definition) is 1. The van der Waals surface area contributed by atoms with E-state index in [0.29, 0.717) is 39.6 Å². The third kappa shape index (κ3) is 4.82. The SMILES string of the molecule is COc1cc2c(=N)n(-c3nc(-c4ccccc4)cs3)cnc2cc1OCCCN1CCOCC1. The normalized spacial score (nSPS) is 14.4. The molecule has 0 radical (unpaired) electrons. The van der Waals surface area contributed by atoms with Crippen LogP contribution in [0.1, 0.15) is 6.42 Å². The molecule has 0 bridgehead atoms. The zero-order valence-electron chi connectivity index (χ0n) is 19.1. The summed E-state index contributed by atoms with van der Waals surface area (Å²) in [7, 11) is 1.61. The van der Waals surface area contributed by atoms with E-state index < -0.39 is 0 Å². The molecule has 3 heterocycles. The predicted octanol–water partition coefficient (Wildman–Crippen LogP) is 3.74. The fourth-order valence-corrected chi connectivity index (χ4v) is 4.79. The Morgan fingerprint density at radius 3 is 2.74 bits per heavy atom. The van der Waals surface area contributed by atoms with Gasteiger partial charge in [0, 0.05) is 42.0 Å². The van der Waals surface area contributed by atoms with Crippen molar-refractivity contribution in [2.45, 2.75) is 6.42 Å². The maximum Gasteiger partial charge on any atom is 0.197 e. The Bertz CT molecular complexity index is 1320. The number of aromatic nitrogens is 3. The molecule has 1 fully saturated rings. The van der Waals surface area contributed by atoms with E-state index in [1.165, 1.54) is 11.3 Å². The summed E-state index contributed by atoms with van der Waals surface area (Å²) in [5.74, 6) is 1.23. The number of fused-ring (bicyclic) bond motifs is 1. The second kappa shape index (κ2) is 10.3. The van der Waals surface area contributed by atoms with Crippen LogP contribution < -0.4 is 15.0 Å². The van der Waals surface area contributed by atoms with Gasteiger partial charge in [0.05, 0.1) is 38.1 Å². The van der Waals surface area contributed by atoms with Crippen molar-refractivity contribution < 1.29 is 14.2 Å². The highest BCUT2D eigenvalue weighted by Crippen LogP contribution is 2.31. The lowest BCUT2D eigenvalue weighted by atomic mass is 10.2. The van der Waals surface area contributed by atoms with Gasteiger partial charge < -0.3 is 14.2 Å². The van der Waals surface area contributed by atoms with Gasteiger partial charge >= 0.3 is 0 Å². The molecule has 1 N–H and O–H groups in total. The number of hydrogen-bond acceptors (Lipinski definition) is 8. The van der Waals surface area contributed by atoms with Crippen LogP contribution >= 0.6 is 11.3 Å². The number of morpholine rings is 1. The quantitative estimate of drug-likeness (QED) is 0.389. The number of benzene rings is 2. The van der Waals surface area contributed by atoms with Crippen LogP contribution in [0.25, 0.3) is 27.3 Å². The Kier molecular flexibility index (Phi) is 6.84. The smallest absolute Gasteiger partial charge is 0.197 e. The summed E-state index contributed by atoms with van der Waals surface area (Å²) in [6, 6.07) is 13.7. The second-order valence-electron chi connectivity index (χ2n) is 8.02. The van der Waals surface area contributed by atoms with Gasteiger partial charge in [-0.05, 0) is 12.5 Å². The minimum absolute atomic E-state index is 0.302. The van der Waals surface area contributed by atoms with E-state index in [1.807, 2.05) is 47.8 Å². The number of ether oxygens (including phenoxy) is 3. The molecule has 8 nitrogen and oxygen atoms in total. The van der Waals surface area contributed by atoms with Crippen molar-refractivity contribution in [3.8, 4) is 27.9 Å². The maximum absolute atomic E-state index is 8.79. The first kappa shape index (κ1) is 22.5. The summed E-state index contributed by atoms with van der Waals surface area (Å²) in [6.45, 7) is 5.11. The van der Waals surface area contributed by atoms with E-state index in [4.69, 9.17) is 24.6 Å². The first-order chi connectivity index (χ1) is 16.7. The molecule has 0 atom stereocenters. The second-order valence-corrected chi connectivity index (χ2v) is 8.86. The van der Waals surface area contributed by atoms with Crippen molar-refractivity contribution in [2.75, 3.05) is 46.6 Å². The Morgan fingerprint density at radius 1 is 1.12 bits per heavy atom. The molecule has 9 heteroatoms. The molecule has 0 unspecified atom stereocenters. The van der Waals surface area contributed by atoms with Gasteiger partial charge in [0.25, 0.3) is 0 Å². The average Bonchev–Trinajstić information content (AvgIpc) is 3.38. The number of thiazole rings is 1. The van der Waals surface area contributed by atoms with Crippen molar-refractivity contribution in [2.24, 2.45) is 0 Å². The highest BCUT2D eigenvalue weighted by molar-refractivity contribution is 7.12. The molecule has 1 aliphatic heterocycles.